The van der Waals surface area contributed by atoms with Crippen molar-refractivity contribution < 1.29 is 9.59 Å². The topological polar surface area (TPSA) is 70.5 Å². The average Bonchev–Trinajstić information content (AvgIpc) is 2.93. The van der Waals surface area contributed by atoms with Crippen molar-refractivity contribution in [3.8, 4) is 0 Å². The Morgan fingerprint density at radius 1 is 1.24 bits per heavy atom. The summed E-state index contributed by atoms with van der Waals surface area (Å²) in [5.41, 5.74) is 1.04. The van der Waals surface area contributed by atoms with Crippen LogP contribution in [0.1, 0.15) is 6.42 Å². The molecule has 0 unspecified atom stereocenters. The first-order valence-electron chi connectivity index (χ1n) is 8.67. The number of hydrogen-bond donors (Lipinski definition) is 1. The number of aryl methyl sites for hydroxylation is 1. The van der Waals surface area contributed by atoms with Gasteiger partial charge in [0.2, 0.25) is 11.8 Å². The van der Waals surface area contributed by atoms with Gasteiger partial charge in [-0.2, -0.15) is 5.10 Å². The lowest BCUT2D eigenvalue weighted by Crippen LogP contribution is -2.41. The summed E-state index contributed by atoms with van der Waals surface area (Å²) in [7, 11) is 3.63. The molecule has 2 heterocycles. The number of aromatic nitrogens is 2. The molecule has 1 aromatic heterocycles. The zero-order valence-electron chi connectivity index (χ0n) is 14.8. The van der Waals surface area contributed by atoms with Crippen LogP contribution in [0.4, 0.5) is 0 Å². The van der Waals surface area contributed by atoms with Gasteiger partial charge >= 0.3 is 0 Å². The molecule has 0 aliphatic carbocycles. The highest BCUT2D eigenvalue weighted by atomic mass is 16.2. The fraction of sp³-hybridized carbons (Fsp3) is 0.500. The standard InChI is InChI=1S/C18H25N5O2/c1-19-18(25)15-12-21(2)9-10-22(13-15)17(24)7-8-23-16-6-4-3-5-14(16)11-20-23/h3-6,11,15H,7-10,12-13H2,1-2H3,(H,19,25)/t15-/m0/s1. The summed E-state index contributed by atoms with van der Waals surface area (Å²) in [6.07, 6.45) is 2.21. The molecule has 134 valence electrons. The van der Waals surface area contributed by atoms with E-state index in [2.05, 4.69) is 15.3 Å². The molecule has 7 nitrogen and oxygen atoms in total. The third-order valence-electron chi connectivity index (χ3n) is 4.78. The summed E-state index contributed by atoms with van der Waals surface area (Å²) in [6, 6.07) is 7.97. The fourth-order valence-corrected chi connectivity index (χ4v) is 3.33. The number of hydrogen-bond acceptors (Lipinski definition) is 4. The molecule has 1 saturated heterocycles. The Morgan fingerprint density at radius 3 is 2.84 bits per heavy atom. The minimum absolute atomic E-state index is 0.00961. The molecule has 0 saturated carbocycles. The fourth-order valence-electron chi connectivity index (χ4n) is 3.33. The number of nitrogens with zero attached hydrogens (tertiary/aromatic N) is 4. The van der Waals surface area contributed by atoms with Crippen LogP contribution >= 0.6 is 0 Å². The van der Waals surface area contributed by atoms with Gasteiger partial charge in [-0.3, -0.25) is 14.3 Å². The van der Waals surface area contributed by atoms with Crippen LogP contribution in [0.5, 0.6) is 0 Å². The summed E-state index contributed by atoms with van der Waals surface area (Å²) in [6.45, 7) is 3.13. The van der Waals surface area contributed by atoms with E-state index in [4.69, 9.17) is 0 Å². The van der Waals surface area contributed by atoms with Crippen LogP contribution in [0.15, 0.2) is 30.5 Å². The Hall–Kier alpha value is -2.41. The van der Waals surface area contributed by atoms with E-state index in [1.165, 1.54) is 0 Å². The van der Waals surface area contributed by atoms with Crippen molar-refractivity contribution in [2.75, 3.05) is 40.3 Å². The molecule has 1 atom stereocenters. The van der Waals surface area contributed by atoms with Crippen LogP contribution in [0.2, 0.25) is 0 Å². The summed E-state index contributed by atoms with van der Waals surface area (Å²) in [5.74, 6) is -0.125. The number of likely N-dealkylation sites (N-methyl/N-ethyl adjacent to an activating group) is 1. The number of amides is 2. The molecule has 0 spiro atoms. The number of nitrogens with one attached hydrogen (secondary N) is 1. The van der Waals surface area contributed by atoms with Gasteiger partial charge in [-0.05, 0) is 13.1 Å². The maximum atomic E-state index is 12.7. The molecule has 3 rings (SSSR count). The van der Waals surface area contributed by atoms with Crippen molar-refractivity contribution in [3.05, 3.63) is 30.5 Å². The van der Waals surface area contributed by atoms with Crippen molar-refractivity contribution in [2.45, 2.75) is 13.0 Å². The third-order valence-corrected chi connectivity index (χ3v) is 4.78. The molecule has 1 aromatic carbocycles. The minimum Gasteiger partial charge on any atom is -0.359 e. The van der Waals surface area contributed by atoms with E-state index in [1.807, 2.05) is 47.1 Å². The maximum absolute atomic E-state index is 12.7. The monoisotopic (exact) mass is 343 g/mol. The molecule has 0 radical (unpaired) electrons. The molecular weight excluding hydrogens is 318 g/mol. The summed E-state index contributed by atoms with van der Waals surface area (Å²) in [4.78, 5) is 28.6. The Kier molecular flexibility index (Phi) is 5.33. The summed E-state index contributed by atoms with van der Waals surface area (Å²) >= 11 is 0. The van der Waals surface area contributed by atoms with Crippen LogP contribution in [-0.2, 0) is 16.1 Å². The second-order valence-corrected chi connectivity index (χ2v) is 6.59. The van der Waals surface area contributed by atoms with E-state index in [0.29, 0.717) is 32.6 Å². The number of carbonyl (C=O) groups is 2. The molecule has 1 fully saturated rings. The molecule has 7 heteroatoms. The molecule has 25 heavy (non-hydrogen) atoms. The van der Waals surface area contributed by atoms with E-state index < -0.39 is 0 Å². The van der Waals surface area contributed by atoms with Gasteiger partial charge in [0.1, 0.15) is 0 Å². The van der Waals surface area contributed by atoms with Crippen molar-refractivity contribution >= 4 is 22.7 Å². The second-order valence-electron chi connectivity index (χ2n) is 6.59. The zero-order chi connectivity index (χ0) is 17.8. The van der Waals surface area contributed by atoms with Gasteiger partial charge in [0.15, 0.2) is 0 Å². The highest BCUT2D eigenvalue weighted by Gasteiger charge is 2.28. The van der Waals surface area contributed by atoms with Crippen molar-refractivity contribution in [2.24, 2.45) is 5.92 Å². The number of fused-ring (bicyclic) bond motifs is 1. The van der Waals surface area contributed by atoms with E-state index >= 15 is 0 Å². The Bertz CT molecular complexity index is 757. The first-order chi connectivity index (χ1) is 12.1. The van der Waals surface area contributed by atoms with E-state index in [0.717, 1.165) is 17.4 Å². The van der Waals surface area contributed by atoms with Gasteiger partial charge in [-0.25, -0.2) is 0 Å². The predicted molar refractivity (Wildman–Crippen MR) is 96.0 cm³/mol. The first-order valence-corrected chi connectivity index (χ1v) is 8.67. The Labute approximate surface area is 147 Å². The summed E-state index contributed by atoms with van der Waals surface area (Å²) in [5, 5.41) is 8.15. The van der Waals surface area contributed by atoms with Crippen LogP contribution < -0.4 is 5.32 Å². The first kappa shape index (κ1) is 17.4. The third kappa shape index (κ3) is 3.99. The number of carbonyl (C=O) groups excluding carboxylic acids is 2. The molecule has 0 bridgehead atoms. The highest BCUT2D eigenvalue weighted by Crippen LogP contribution is 2.14. The predicted octanol–water partition coefficient (Wildman–Crippen LogP) is 0.563. The average molecular weight is 343 g/mol. The molecule has 1 aliphatic rings. The molecule has 1 N–H and O–H groups in total. The van der Waals surface area contributed by atoms with Gasteiger partial charge in [0, 0.05) is 45.0 Å². The van der Waals surface area contributed by atoms with E-state index in [9.17, 15) is 9.59 Å². The Morgan fingerprint density at radius 2 is 2.04 bits per heavy atom. The zero-order valence-corrected chi connectivity index (χ0v) is 14.8. The van der Waals surface area contributed by atoms with Gasteiger partial charge in [-0.15, -0.1) is 0 Å². The van der Waals surface area contributed by atoms with Gasteiger partial charge in [0.25, 0.3) is 0 Å². The SMILES string of the molecule is CNC(=O)[C@H]1CN(C)CCN(C(=O)CCn2ncc3ccccc32)C1. The van der Waals surface area contributed by atoms with Gasteiger partial charge in [-0.1, -0.05) is 18.2 Å². The summed E-state index contributed by atoms with van der Waals surface area (Å²) < 4.78 is 1.87. The lowest BCUT2D eigenvalue weighted by Gasteiger charge is -2.23. The number of benzene rings is 1. The van der Waals surface area contributed by atoms with Crippen LogP contribution in [-0.4, -0.2) is 71.7 Å². The Balaban J connectivity index is 1.64. The minimum atomic E-state index is -0.188. The number of para-hydroxylation sites is 1. The molecular formula is C18H25N5O2. The maximum Gasteiger partial charge on any atom is 0.225 e. The largest absolute Gasteiger partial charge is 0.359 e. The van der Waals surface area contributed by atoms with Crippen LogP contribution in [0.3, 0.4) is 0 Å². The quantitative estimate of drug-likeness (QED) is 0.881. The highest BCUT2D eigenvalue weighted by molar-refractivity contribution is 5.81. The normalized spacial score (nSPS) is 19.0. The smallest absolute Gasteiger partial charge is 0.225 e. The van der Waals surface area contributed by atoms with Crippen LogP contribution in [0, 0.1) is 5.92 Å². The van der Waals surface area contributed by atoms with Crippen molar-refractivity contribution in [1.82, 2.24) is 24.9 Å². The van der Waals surface area contributed by atoms with Gasteiger partial charge in [0.05, 0.1) is 24.2 Å². The molecule has 2 amide bonds. The van der Waals surface area contributed by atoms with Crippen molar-refractivity contribution in [1.29, 1.82) is 0 Å². The molecule has 2 aromatic rings. The van der Waals surface area contributed by atoms with E-state index in [-0.39, 0.29) is 17.7 Å². The van der Waals surface area contributed by atoms with E-state index in [1.54, 1.807) is 7.05 Å². The molecule has 1 aliphatic heterocycles. The lowest BCUT2D eigenvalue weighted by molar-refractivity contribution is -0.133. The van der Waals surface area contributed by atoms with Crippen molar-refractivity contribution in [3.63, 3.8) is 0 Å². The second kappa shape index (κ2) is 7.65. The van der Waals surface area contributed by atoms with Gasteiger partial charge < -0.3 is 15.1 Å². The van der Waals surface area contributed by atoms with Crippen LogP contribution in [0.25, 0.3) is 10.9 Å². The lowest BCUT2D eigenvalue weighted by atomic mass is 10.1. The number of rotatable bonds is 4.